The normalized spacial score (nSPS) is 8.89. The van der Waals surface area contributed by atoms with Crippen molar-refractivity contribution in [1.82, 2.24) is 0 Å². The molecule has 0 N–H and O–H groups in total. The van der Waals surface area contributed by atoms with Crippen molar-refractivity contribution in [3.05, 3.63) is 35.4 Å². The molecule has 90 valence electrons. The van der Waals surface area contributed by atoms with Crippen LogP contribution in [0.25, 0.3) is 0 Å². The Morgan fingerprint density at radius 3 is 2.72 bits per heavy atom. The molecule has 4 heteroatoms. The Morgan fingerprint density at radius 2 is 2.06 bits per heavy atom. The fraction of sp³-hybridized carbons (Fsp3) is 0.214. The Morgan fingerprint density at radius 1 is 1.33 bits per heavy atom. The van der Waals surface area contributed by atoms with E-state index in [2.05, 4.69) is 11.8 Å². The molecule has 1 aromatic rings. The van der Waals surface area contributed by atoms with Gasteiger partial charge in [0.2, 0.25) is 0 Å². The zero-order valence-electron chi connectivity index (χ0n) is 9.90. The molecule has 1 rings (SSSR count). The first-order valence-corrected chi connectivity index (χ1v) is 6.25. The van der Waals surface area contributed by atoms with Gasteiger partial charge in [-0.2, -0.15) is 5.26 Å². The van der Waals surface area contributed by atoms with Crippen LogP contribution in [0.3, 0.4) is 0 Å². The molecule has 0 aliphatic rings. The summed E-state index contributed by atoms with van der Waals surface area (Å²) in [6, 6.07) is 8.73. The number of Topliss-reactive ketones (excluding diaryl/α,β-unsaturated/α-hetero) is 1. The van der Waals surface area contributed by atoms with Gasteiger partial charge in [0, 0.05) is 18.1 Å². The Balaban J connectivity index is 2.86. The third kappa shape index (κ3) is 4.45. The van der Waals surface area contributed by atoms with E-state index in [0.29, 0.717) is 16.9 Å². The molecule has 0 spiro atoms. The highest BCUT2D eigenvalue weighted by Gasteiger charge is 2.08. The van der Waals surface area contributed by atoms with Gasteiger partial charge in [-0.3, -0.25) is 9.59 Å². The van der Waals surface area contributed by atoms with Gasteiger partial charge in [-0.15, -0.1) is 0 Å². The van der Waals surface area contributed by atoms with Crippen LogP contribution in [0.1, 0.15) is 29.3 Å². The molecule has 0 aliphatic carbocycles. The fourth-order valence-electron chi connectivity index (χ4n) is 1.27. The molecule has 0 fully saturated rings. The van der Waals surface area contributed by atoms with E-state index in [1.165, 1.54) is 6.92 Å². The molecular weight excluding hydrogens is 246 g/mol. The Labute approximate surface area is 110 Å². The van der Waals surface area contributed by atoms with Crippen LogP contribution in [-0.2, 0) is 4.79 Å². The van der Waals surface area contributed by atoms with Gasteiger partial charge in [0.25, 0.3) is 0 Å². The van der Waals surface area contributed by atoms with Crippen molar-refractivity contribution in [3.63, 3.8) is 0 Å². The second kappa shape index (κ2) is 7.32. The number of ketones is 1. The van der Waals surface area contributed by atoms with Gasteiger partial charge in [-0.05, 0) is 6.07 Å². The van der Waals surface area contributed by atoms with E-state index in [1.54, 1.807) is 24.3 Å². The smallest absolute Gasteiger partial charge is 0.186 e. The highest BCUT2D eigenvalue weighted by molar-refractivity contribution is 8.13. The third-order valence-corrected chi connectivity index (χ3v) is 2.73. The first-order chi connectivity index (χ1) is 8.65. The molecule has 0 amide bonds. The van der Waals surface area contributed by atoms with E-state index in [9.17, 15) is 9.59 Å². The van der Waals surface area contributed by atoms with Crippen LogP contribution in [0.4, 0.5) is 0 Å². The molecule has 1 aromatic carbocycles. The van der Waals surface area contributed by atoms with Crippen molar-refractivity contribution in [3.8, 4) is 17.9 Å². The maximum Gasteiger partial charge on any atom is 0.186 e. The minimum atomic E-state index is -0.235. The second-order valence-corrected chi connectivity index (χ2v) is 4.54. The summed E-state index contributed by atoms with van der Waals surface area (Å²) < 4.78 is 0. The molecule has 0 atom stereocenters. The molecule has 18 heavy (non-hydrogen) atoms. The Bertz CT molecular complexity index is 561. The van der Waals surface area contributed by atoms with Crippen molar-refractivity contribution >= 4 is 22.7 Å². The van der Waals surface area contributed by atoms with Gasteiger partial charge in [0.05, 0.1) is 18.2 Å². The average molecular weight is 257 g/mol. The number of nitriles is 1. The molecular formula is C14H11NO2S. The molecule has 0 bridgehead atoms. The monoisotopic (exact) mass is 257 g/mol. The lowest BCUT2D eigenvalue weighted by molar-refractivity contribution is -0.109. The van der Waals surface area contributed by atoms with Crippen LogP contribution in [0.5, 0.6) is 0 Å². The molecule has 0 radical (unpaired) electrons. The van der Waals surface area contributed by atoms with E-state index in [0.717, 1.165) is 11.8 Å². The molecule has 0 unspecified atom stereocenters. The van der Waals surface area contributed by atoms with Gasteiger partial charge in [0.1, 0.15) is 0 Å². The predicted octanol–water partition coefficient (Wildman–Crippen LogP) is 2.41. The summed E-state index contributed by atoms with van der Waals surface area (Å²) in [5, 5.41) is 8.53. The van der Waals surface area contributed by atoms with E-state index in [4.69, 9.17) is 5.26 Å². The van der Waals surface area contributed by atoms with Crippen molar-refractivity contribution in [2.75, 3.05) is 5.75 Å². The summed E-state index contributed by atoms with van der Waals surface area (Å²) in [6.07, 6.45) is -0.152. The lowest BCUT2D eigenvalue weighted by Crippen LogP contribution is -2.00. The highest BCUT2D eigenvalue weighted by Crippen LogP contribution is 2.10. The summed E-state index contributed by atoms with van der Waals surface area (Å²) in [6.45, 7) is 1.48. The number of hydrogen-bond donors (Lipinski definition) is 0. The molecule has 3 nitrogen and oxygen atoms in total. The molecule has 0 aromatic heterocycles. The topological polar surface area (TPSA) is 57.9 Å². The maximum absolute atomic E-state index is 11.7. The minimum Gasteiger partial charge on any atom is -0.293 e. The number of nitrogens with zero attached hydrogens (tertiary/aromatic N) is 1. The lowest BCUT2D eigenvalue weighted by Gasteiger charge is -1.99. The van der Waals surface area contributed by atoms with Gasteiger partial charge < -0.3 is 0 Å². The van der Waals surface area contributed by atoms with Crippen molar-refractivity contribution in [1.29, 1.82) is 5.26 Å². The molecule has 0 heterocycles. The number of thioether (sulfide) groups is 1. The Kier molecular flexibility index (Phi) is 5.70. The van der Waals surface area contributed by atoms with Crippen molar-refractivity contribution in [2.24, 2.45) is 0 Å². The van der Waals surface area contributed by atoms with Gasteiger partial charge in [-0.25, -0.2) is 0 Å². The van der Waals surface area contributed by atoms with Crippen molar-refractivity contribution in [2.45, 2.75) is 13.3 Å². The number of rotatable bonds is 3. The number of hydrogen-bond acceptors (Lipinski definition) is 4. The predicted molar refractivity (Wildman–Crippen MR) is 71.0 cm³/mol. The highest BCUT2D eigenvalue weighted by atomic mass is 32.2. The molecule has 0 saturated heterocycles. The first kappa shape index (κ1) is 14.0. The van der Waals surface area contributed by atoms with Crippen LogP contribution in [0, 0.1) is 23.2 Å². The number of carbonyl (C=O) groups is 2. The summed E-state index contributed by atoms with van der Waals surface area (Å²) in [5.74, 6) is 5.85. The fourth-order valence-corrected chi connectivity index (χ4v) is 1.62. The summed E-state index contributed by atoms with van der Waals surface area (Å²) in [5.41, 5.74) is 1.06. The summed E-state index contributed by atoms with van der Waals surface area (Å²) in [4.78, 5) is 22.4. The van der Waals surface area contributed by atoms with Gasteiger partial charge >= 0.3 is 0 Å². The average Bonchev–Trinajstić information content (AvgIpc) is 2.35. The van der Waals surface area contributed by atoms with Crippen LogP contribution in [0.2, 0.25) is 0 Å². The van der Waals surface area contributed by atoms with Gasteiger partial charge in [-0.1, -0.05) is 41.8 Å². The summed E-state index contributed by atoms with van der Waals surface area (Å²) in [7, 11) is 0. The quantitative estimate of drug-likeness (QED) is 0.616. The lowest BCUT2D eigenvalue weighted by atomic mass is 10.0. The van der Waals surface area contributed by atoms with E-state index < -0.39 is 0 Å². The Hall–Kier alpha value is -2.04. The standard InChI is InChI=1S/C14H11NO2S/c1-11(16)18-10-4-6-12-5-2-3-7-13(12)14(17)8-9-15/h2-3,5,7H,8,10H2,1H3. The van der Waals surface area contributed by atoms with E-state index in [1.807, 2.05) is 6.07 Å². The van der Waals surface area contributed by atoms with Crippen molar-refractivity contribution < 1.29 is 9.59 Å². The first-order valence-electron chi connectivity index (χ1n) is 5.26. The van der Waals surface area contributed by atoms with E-state index >= 15 is 0 Å². The van der Waals surface area contributed by atoms with Crippen LogP contribution >= 0.6 is 11.8 Å². The third-order valence-electron chi connectivity index (χ3n) is 2.04. The zero-order valence-corrected chi connectivity index (χ0v) is 10.7. The molecule has 0 saturated carbocycles. The number of carbonyl (C=O) groups excluding carboxylic acids is 2. The molecule has 0 aliphatic heterocycles. The maximum atomic E-state index is 11.7. The van der Waals surface area contributed by atoms with Gasteiger partial charge in [0.15, 0.2) is 10.9 Å². The second-order valence-electron chi connectivity index (χ2n) is 3.39. The summed E-state index contributed by atoms with van der Waals surface area (Å²) >= 11 is 1.13. The van der Waals surface area contributed by atoms with E-state index in [-0.39, 0.29) is 17.3 Å². The number of benzene rings is 1. The van der Waals surface area contributed by atoms with Crippen LogP contribution in [0.15, 0.2) is 24.3 Å². The van der Waals surface area contributed by atoms with Crippen LogP contribution in [-0.4, -0.2) is 16.7 Å². The SMILES string of the molecule is CC(=O)SCC#Cc1ccccc1C(=O)CC#N. The van der Waals surface area contributed by atoms with Crippen LogP contribution < -0.4 is 0 Å². The largest absolute Gasteiger partial charge is 0.293 e. The minimum absolute atomic E-state index is 0.0122. The zero-order chi connectivity index (χ0) is 13.4.